The van der Waals surface area contributed by atoms with Crippen molar-refractivity contribution < 1.29 is 19.1 Å². The second-order valence-corrected chi connectivity index (χ2v) is 13.0. The van der Waals surface area contributed by atoms with E-state index in [0.717, 1.165) is 32.1 Å². The van der Waals surface area contributed by atoms with Gasteiger partial charge in [0.2, 0.25) is 0 Å². The molecule has 1 spiro atoms. The molecule has 5 heteroatoms. The molecule has 5 aliphatic carbocycles. The van der Waals surface area contributed by atoms with E-state index < -0.39 is 0 Å². The Morgan fingerprint density at radius 2 is 1.97 bits per heavy atom. The van der Waals surface area contributed by atoms with E-state index in [1.54, 1.807) is 11.8 Å². The quantitative estimate of drug-likeness (QED) is 0.557. The maximum Gasteiger partial charge on any atom is 0.306 e. The minimum absolute atomic E-state index is 0.00615. The van der Waals surface area contributed by atoms with Crippen LogP contribution in [0.3, 0.4) is 0 Å². The number of thioether (sulfide) groups is 1. The standard InChI is InChI=1S/C26H34O4S/c1-4-21(29)31-19-12-14-11-15(27)5-8-24(14,2)17-6-9-25(3)23(22(17)19)16-13-18(16)26(25)10-7-20(28)30-26/h11,16-19,22-23H,4-10,12-13H2,1-3H3/t16-,17?,18+,19?,22?,23?,24+,25+,26+/m1/s1. The number of ketones is 1. The lowest BCUT2D eigenvalue weighted by atomic mass is 9.45. The van der Waals surface area contributed by atoms with Gasteiger partial charge in [0.15, 0.2) is 10.9 Å². The molecule has 4 unspecified atom stereocenters. The van der Waals surface area contributed by atoms with Crippen molar-refractivity contribution in [3.8, 4) is 0 Å². The summed E-state index contributed by atoms with van der Waals surface area (Å²) in [5.74, 6) is 2.95. The first-order valence-electron chi connectivity index (χ1n) is 12.4. The third-order valence-corrected chi connectivity index (χ3v) is 12.0. The summed E-state index contributed by atoms with van der Waals surface area (Å²) >= 11 is 1.56. The molecule has 9 atom stereocenters. The molecule has 4 nitrogen and oxygen atoms in total. The Balaban J connectivity index is 1.44. The van der Waals surface area contributed by atoms with E-state index >= 15 is 0 Å². The number of allylic oxidation sites excluding steroid dienone is 1. The van der Waals surface area contributed by atoms with Crippen molar-refractivity contribution in [2.45, 2.75) is 89.4 Å². The zero-order chi connectivity index (χ0) is 21.8. The molecule has 4 saturated carbocycles. The summed E-state index contributed by atoms with van der Waals surface area (Å²) in [5, 5.41) is 0.524. The van der Waals surface area contributed by atoms with Gasteiger partial charge in [-0.25, -0.2) is 0 Å². The maximum atomic E-state index is 12.6. The Morgan fingerprint density at radius 1 is 1.16 bits per heavy atom. The van der Waals surface area contributed by atoms with Crippen molar-refractivity contribution in [2.24, 2.45) is 40.4 Å². The van der Waals surface area contributed by atoms with Gasteiger partial charge in [-0.2, -0.15) is 0 Å². The number of ether oxygens (including phenoxy) is 1. The zero-order valence-corrected chi connectivity index (χ0v) is 19.8. The van der Waals surface area contributed by atoms with Gasteiger partial charge in [-0.3, -0.25) is 14.4 Å². The van der Waals surface area contributed by atoms with Crippen molar-refractivity contribution >= 4 is 28.6 Å². The van der Waals surface area contributed by atoms with E-state index in [-0.39, 0.29) is 38.5 Å². The number of hydrogen-bond donors (Lipinski definition) is 0. The van der Waals surface area contributed by atoms with Crippen LogP contribution >= 0.6 is 11.8 Å². The van der Waals surface area contributed by atoms with Crippen LogP contribution in [0.15, 0.2) is 11.6 Å². The topological polar surface area (TPSA) is 60.4 Å². The molecule has 0 radical (unpaired) electrons. The van der Waals surface area contributed by atoms with Crippen molar-refractivity contribution in [1.82, 2.24) is 0 Å². The largest absolute Gasteiger partial charge is 0.458 e. The number of carbonyl (C=O) groups excluding carboxylic acids is 3. The first-order chi connectivity index (χ1) is 14.7. The molecule has 1 aliphatic heterocycles. The Bertz CT molecular complexity index is 909. The summed E-state index contributed by atoms with van der Waals surface area (Å²) in [4.78, 5) is 37.2. The normalized spacial score (nSPS) is 52.0. The van der Waals surface area contributed by atoms with Gasteiger partial charge in [-0.15, -0.1) is 0 Å². The second-order valence-electron chi connectivity index (χ2n) is 11.7. The molecule has 31 heavy (non-hydrogen) atoms. The molecule has 1 saturated heterocycles. The van der Waals surface area contributed by atoms with Crippen molar-refractivity contribution in [2.75, 3.05) is 0 Å². The smallest absolute Gasteiger partial charge is 0.306 e. The van der Waals surface area contributed by atoms with Crippen molar-refractivity contribution in [1.29, 1.82) is 0 Å². The fourth-order valence-electron chi connectivity index (χ4n) is 9.22. The number of esters is 1. The lowest BCUT2D eigenvalue weighted by Crippen LogP contribution is -2.59. The molecule has 0 N–H and O–H groups in total. The van der Waals surface area contributed by atoms with E-state index in [2.05, 4.69) is 13.8 Å². The summed E-state index contributed by atoms with van der Waals surface area (Å²) < 4.78 is 6.23. The van der Waals surface area contributed by atoms with Crippen LogP contribution in [0.1, 0.15) is 78.6 Å². The highest BCUT2D eigenvalue weighted by atomic mass is 32.2. The van der Waals surface area contributed by atoms with E-state index in [0.29, 0.717) is 48.9 Å². The predicted octanol–water partition coefficient (Wildman–Crippen LogP) is 5.10. The highest BCUT2D eigenvalue weighted by molar-refractivity contribution is 8.14. The SMILES string of the molecule is CCC(=O)SC1CC2=CC(=O)CC[C@]2(C)C2CC[C@@]3(C)C(C12)[C@@H]1C[C@@H]1[C@@]31CCC(=O)O1. The van der Waals surface area contributed by atoms with Gasteiger partial charge >= 0.3 is 5.97 Å². The molecule has 1 heterocycles. The van der Waals surface area contributed by atoms with Crippen LogP contribution in [0.4, 0.5) is 0 Å². The van der Waals surface area contributed by atoms with Gasteiger partial charge in [0, 0.05) is 35.8 Å². The summed E-state index contributed by atoms with van der Waals surface area (Å²) in [6.07, 6.45) is 9.85. The Hall–Kier alpha value is -1.10. The summed E-state index contributed by atoms with van der Waals surface area (Å²) in [7, 11) is 0. The molecule has 0 bridgehead atoms. The average molecular weight is 443 g/mol. The maximum absolute atomic E-state index is 12.6. The van der Waals surface area contributed by atoms with Gasteiger partial charge in [-0.05, 0) is 73.7 Å². The van der Waals surface area contributed by atoms with Crippen LogP contribution in [0.2, 0.25) is 0 Å². The number of hydrogen-bond acceptors (Lipinski definition) is 5. The average Bonchev–Trinajstić information content (AvgIpc) is 3.37. The van der Waals surface area contributed by atoms with Crippen molar-refractivity contribution in [3.63, 3.8) is 0 Å². The molecule has 0 aromatic carbocycles. The van der Waals surface area contributed by atoms with Crippen LogP contribution in [-0.4, -0.2) is 27.7 Å². The lowest BCUT2D eigenvalue weighted by Gasteiger charge is -2.62. The fraction of sp³-hybridized carbons (Fsp3) is 0.808. The summed E-state index contributed by atoms with van der Waals surface area (Å²) in [6, 6.07) is 0. The number of carbonyl (C=O) groups is 3. The van der Waals surface area contributed by atoms with E-state index in [9.17, 15) is 14.4 Å². The van der Waals surface area contributed by atoms with Gasteiger partial charge in [0.05, 0.1) is 0 Å². The number of rotatable bonds is 2. The fourth-order valence-corrected chi connectivity index (χ4v) is 10.5. The minimum Gasteiger partial charge on any atom is -0.458 e. The lowest BCUT2D eigenvalue weighted by molar-refractivity contribution is -0.176. The van der Waals surface area contributed by atoms with Gasteiger partial charge in [-0.1, -0.05) is 38.1 Å². The molecule has 6 rings (SSSR count). The predicted molar refractivity (Wildman–Crippen MR) is 119 cm³/mol. The van der Waals surface area contributed by atoms with Crippen LogP contribution < -0.4 is 0 Å². The van der Waals surface area contributed by atoms with E-state index in [4.69, 9.17) is 4.74 Å². The van der Waals surface area contributed by atoms with Gasteiger partial charge in [0.1, 0.15) is 5.60 Å². The third-order valence-electron chi connectivity index (χ3n) is 10.7. The third kappa shape index (κ3) is 2.53. The molecule has 168 valence electrons. The van der Waals surface area contributed by atoms with E-state index in [1.807, 2.05) is 13.0 Å². The van der Waals surface area contributed by atoms with Crippen LogP contribution in [0.5, 0.6) is 0 Å². The van der Waals surface area contributed by atoms with Crippen LogP contribution in [-0.2, 0) is 19.1 Å². The van der Waals surface area contributed by atoms with E-state index in [1.165, 1.54) is 12.0 Å². The second kappa shape index (κ2) is 6.48. The molecular formula is C26H34O4S. The molecule has 5 fully saturated rings. The van der Waals surface area contributed by atoms with Gasteiger partial charge in [0.25, 0.3) is 0 Å². The summed E-state index contributed by atoms with van der Waals surface area (Å²) in [6.45, 7) is 6.77. The summed E-state index contributed by atoms with van der Waals surface area (Å²) in [5.41, 5.74) is 1.17. The molecule has 0 aromatic heterocycles. The molecule has 0 aromatic rings. The molecule has 0 amide bonds. The Labute approximate surface area is 189 Å². The minimum atomic E-state index is -0.256. The van der Waals surface area contributed by atoms with Crippen LogP contribution in [0, 0.1) is 40.4 Å². The van der Waals surface area contributed by atoms with Crippen molar-refractivity contribution in [3.05, 3.63) is 11.6 Å². The first kappa shape index (κ1) is 20.5. The number of fused-ring (bicyclic) bond motifs is 9. The highest BCUT2D eigenvalue weighted by Gasteiger charge is 2.79. The Morgan fingerprint density at radius 3 is 2.68 bits per heavy atom. The zero-order valence-electron chi connectivity index (χ0n) is 18.9. The molecular weight excluding hydrogens is 408 g/mol. The van der Waals surface area contributed by atoms with Gasteiger partial charge < -0.3 is 4.74 Å². The monoisotopic (exact) mass is 442 g/mol. The first-order valence-corrected chi connectivity index (χ1v) is 13.3. The van der Waals surface area contributed by atoms with Crippen LogP contribution in [0.25, 0.3) is 0 Å². The molecule has 6 aliphatic rings. The Kier molecular flexibility index (Phi) is 4.29. The highest BCUT2D eigenvalue weighted by Crippen LogP contribution is 2.79.